The molecule has 0 atom stereocenters. The van der Waals surface area contributed by atoms with Crippen molar-refractivity contribution in [2.45, 2.75) is 25.7 Å². The Labute approximate surface area is 157 Å². The van der Waals surface area contributed by atoms with Crippen LogP contribution in [0.2, 0.25) is 0 Å². The monoisotopic (exact) mass is 387 g/mol. The van der Waals surface area contributed by atoms with E-state index in [1.807, 2.05) is 19.9 Å². The van der Waals surface area contributed by atoms with Crippen molar-refractivity contribution in [1.29, 1.82) is 0 Å². The van der Waals surface area contributed by atoms with Gasteiger partial charge in [-0.1, -0.05) is 0 Å². The second kappa shape index (κ2) is 7.80. The van der Waals surface area contributed by atoms with Crippen LogP contribution >= 0.6 is 0 Å². The van der Waals surface area contributed by atoms with Gasteiger partial charge in [0, 0.05) is 37.2 Å². The van der Waals surface area contributed by atoms with Crippen molar-refractivity contribution in [3.05, 3.63) is 53.9 Å². The highest BCUT2D eigenvalue weighted by atomic mass is 32.2. The molecule has 0 saturated heterocycles. The van der Waals surface area contributed by atoms with Crippen LogP contribution in [0.5, 0.6) is 0 Å². The van der Waals surface area contributed by atoms with Crippen LogP contribution in [0.3, 0.4) is 0 Å². The maximum absolute atomic E-state index is 12.2. The maximum atomic E-state index is 12.2. The highest BCUT2D eigenvalue weighted by Crippen LogP contribution is 2.13. The number of hydrogen-bond acceptors (Lipinski definition) is 7. The molecular formula is C17H21N7O2S. The zero-order valence-corrected chi connectivity index (χ0v) is 16.2. The summed E-state index contributed by atoms with van der Waals surface area (Å²) in [6.07, 6.45) is 2.84. The fourth-order valence-electron chi connectivity index (χ4n) is 2.58. The molecule has 2 N–H and O–H groups in total. The quantitative estimate of drug-likeness (QED) is 0.588. The molecule has 0 aliphatic carbocycles. The molecule has 10 heteroatoms. The average molecular weight is 387 g/mol. The number of aromatic nitrogens is 5. The van der Waals surface area contributed by atoms with Gasteiger partial charge in [0.1, 0.15) is 16.5 Å². The number of rotatable bonds is 7. The number of hydrogen-bond donors (Lipinski definition) is 2. The fourth-order valence-corrected chi connectivity index (χ4v) is 3.57. The van der Waals surface area contributed by atoms with Crippen molar-refractivity contribution >= 4 is 15.8 Å². The lowest BCUT2D eigenvalue weighted by Gasteiger charge is -2.10. The molecule has 0 aliphatic heterocycles. The summed E-state index contributed by atoms with van der Waals surface area (Å²) in [6, 6.07) is 6.83. The van der Waals surface area contributed by atoms with Crippen molar-refractivity contribution in [2.75, 3.05) is 18.4 Å². The van der Waals surface area contributed by atoms with Crippen molar-refractivity contribution in [1.82, 2.24) is 29.5 Å². The van der Waals surface area contributed by atoms with Gasteiger partial charge in [-0.15, -0.1) is 0 Å². The molecule has 0 spiro atoms. The summed E-state index contributed by atoms with van der Waals surface area (Å²) >= 11 is 0. The molecule has 0 bridgehead atoms. The van der Waals surface area contributed by atoms with E-state index in [2.05, 4.69) is 30.1 Å². The van der Waals surface area contributed by atoms with E-state index in [0.29, 0.717) is 24.0 Å². The van der Waals surface area contributed by atoms with Gasteiger partial charge in [-0.25, -0.2) is 27.8 Å². The lowest BCUT2D eigenvalue weighted by atomic mass is 10.4. The average Bonchev–Trinajstić information content (AvgIpc) is 2.97. The van der Waals surface area contributed by atoms with Gasteiger partial charge in [0.2, 0.25) is 10.0 Å². The molecule has 0 unspecified atom stereocenters. The third-order valence-corrected chi connectivity index (χ3v) is 5.17. The largest absolute Gasteiger partial charge is 0.369 e. The molecule has 0 fully saturated rings. The van der Waals surface area contributed by atoms with Gasteiger partial charge >= 0.3 is 0 Å². The second-order valence-electron chi connectivity index (χ2n) is 6.01. The fraction of sp³-hybridized carbons (Fsp3) is 0.294. The Kier molecular flexibility index (Phi) is 5.47. The smallest absolute Gasteiger partial charge is 0.242 e. The van der Waals surface area contributed by atoms with Crippen LogP contribution in [0, 0.1) is 20.8 Å². The van der Waals surface area contributed by atoms with Gasteiger partial charge in [-0.05, 0) is 39.0 Å². The van der Waals surface area contributed by atoms with Gasteiger partial charge in [0.25, 0.3) is 0 Å². The van der Waals surface area contributed by atoms with Crippen molar-refractivity contribution in [2.24, 2.45) is 0 Å². The van der Waals surface area contributed by atoms with Crippen LogP contribution < -0.4 is 10.0 Å². The number of nitrogens with one attached hydrogen (secondary N) is 2. The number of sulfonamides is 1. The Morgan fingerprint density at radius 3 is 2.59 bits per heavy atom. The number of anilines is 1. The Morgan fingerprint density at radius 2 is 1.93 bits per heavy atom. The van der Waals surface area contributed by atoms with E-state index in [4.69, 9.17) is 0 Å². The van der Waals surface area contributed by atoms with Crippen molar-refractivity contribution in [3.63, 3.8) is 0 Å². The van der Waals surface area contributed by atoms with Crippen LogP contribution in [0.25, 0.3) is 5.82 Å². The first kappa shape index (κ1) is 18.9. The topological polar surface area (TPSA) is 115 Å². The number of pyridine rings is 1. The molecule has 3 rings (SSSR count). The molecule has 3 aromatic rings. The summed E-state index contributed by atoms with van der Waals surface area (Å²) in [5.41, 5.74) is 1.88. The zero-order chi connectivity index (χ0) is 19.4. The van der Waals surface area contributed by atoms with Crippen molar-refractivity contribution < 1.29 is 8.42 Å². The van der Waals surface area contributed by atoms with Gasteiger partial charge in [0.15, 0.2) is 5.82 Å². The molecule has 3 heterocycles. The molecule has 0 radical (unpaired) electrons. The number of nitrogens with zero attached hydrogens (tertiary/aromatic N) is 5. The van der Waals surface area contributed by atoms with Crippen LogP contribution in [-0.2, 0) is 10.0 Å². The van der Waals surface area contributed by atoms with Crippen LogP contribution in [0.15, 0.2) is 41.6 Å². The van der Waals surface area contributed by atoms with E-state index in [1.165, 1.54) is 18.5 Å². The summed E-state index contributed by atoms with van der Waals surface area (Å²) < 4.78 is 28.6. The molecule has 27 heavy (non-hydrogen) atoms. The number of aryl methyl sites for hydroxylation is 3. The summed E-state index contributed by atoms with van der Waals surface area (Å²) in [4.78, 5) is 12.7. The highest BCUT2D eigenvalue weighted by Gasteiger charge is 2.13. The summed E-state index contributed by atoms with van der Waals surface area (Å²) in [5, 5.41) is 7.54. The Hall–Kier alpha value is -2.85. The van der Waals surface area contributed by atoms with Gasteiger partial charge < -0.3 is 5.32 Å². The maximum Gasteiger partial charge on any atom is 0.242 e. The van der Waals surface area contributed by atoms with Crippen LogP contribution in [-0.4, -0.2) is 46.2 Å². The summed E-state index contributed by atoms with van der Waals surface area (Å²) in [7, 11) is -3.58. The predicted octanol–water partition coefficient (Wildman–Crippen LogP) is 1.37. The third kappa shape index (κ3) is 4.66. The lowest BCUT2D eigenvalue weighted by molar-refractivity contribution is 0.582. The van der Waals surface area contributed by atoms with E-state index >= 15 is 0 Å². The highest BCUT2D eigenvalue weighted by molar-refractivity contribution is 7.89. The molecule has 3 aromatic heterocycles. The SMILES string of the molecule is Cc1cc(C)n(-c2cc(NCCNS(=O)(=O)c3cccnc3)nc(C)n2)n1. The first-order valence-corrected chi connectivity index (χ1v) is 9.86. The van der Waals surface area contributed by atoms with E-state index < -0.39 is 10.0 Å². The molecular weight excluding hydrogens is 366 g/mol. The van der Waals surface area contributed by atoms with Gasteiger partial charge in [-0.2, -0.15) is 5.10 Å². The third-order valence-electron chi connectivity index (χ3n) is 3.72. The Morgan fingerprint density at radius 1 is 1.11 bits per heavy atom. The van der Waals surface area contributed by atoms with E-state index in [-0.39, 0.29) is 11.4 Å². The van der Waals surface area contributed by atoms with Crippen LogP contribution in [0.1, 0.15) is 17.2 Å². The Balaban J connectivity index is 1.64. The summed E-state index contributed by atoms with van der Waals surface area (Å²) in [5.74, 6) is 1.86. The lowest BCUT2D eigenvalue weighted by Crippen LogP contribution is -2.29. The molecule has 0 saturated carbocycles. The minimum atomic E-state index is -3.58. The molecule has 9 nitrogen and oxygen atoms in total. The van der Waals surface area contributed by atoms with E-state index in [0.717, 1.165) is 11.4 Å². The minimum absolute atomic E-state index is 0.134. The van der Waals surface area contributed by atoms with Gasteiger partial charge in [-0.3, -0.25) is 4.98 Å². The molecule has 142 valence electrons. The molecule has 0 amide bonds. The first-order valence-electron chi connectivity index (χ1n) is 8.38. The summed E-state index contributed by atoms with van der Waals surface area (Å²) in [6.45, 7) is 6.25. The Bertz CT molecular complexity index is 1030. The predicted molar refractivity (Wildman–Crippen MR) is 101 cm³/mol. The second-order valence-corrected chi connectivity index (χ2v) is 7.78. The molecule has 0 aromatic carbocycles. The normalized spacial score (nSPS) is 11.5. The van der Waals surface area contributed by atoms with E-state index in [9.17, 15) is 8.42 Å². The zero-order valence-electron chi connectivity index (χ0n) is 15.3. The van der Waals surface area contributed by atoms with Gasteiger partial charge in [0.05, 0.1) is 5.69 Å². The van der Waals surface area contributed by atoms with Crippen LogP contribution in [0.4, 0.5) is 5.82 Å². The molecule has 0 aliphatic rings. The minimum Gasteiger partial charge on any atom is -0.369 e. The van der Waals surface area contributed by atoms with E-state index in [1.54, 1.807) is 23.7 Å². The standard InChI is InChI=1S/C17H21N7O2S/c1-12-9-13(2)24(23-12)17-10-16(21-14(3)22-17)19-7-8-20-27(25,26)15-5-4-6-18-11-15/h4-6,9-11,20H,7-8H2,1-3H3,(H,19,21,22). The first-order chi connectivity index (χ1) is 12.8. The van der Waals surface area contributed by atoms with Crippen molar-refractivity contribution in [3.8, 4) is 5.82 Å².